The summed E-state index contributed by atoms with van der Waals surface area (Å²) >= 11 is 0. The van der Waals surface area contributed by atoms with E-state index in [0.717, 1.165) is 12.2 Å². The Hall–Kier alpha value is -1.74. The first-order valence-corrected chi connectivity index (χ1v) is 5.87. The zero-order valence-corrected chi connectivity index (χ0v) is 10.2. The molecule has 3 nitrogen and oxygen atoms in total. The molecule has 0 aliphatic rings. The minimum absolute atomic E-state index is 0.169. The van der Waals surface area contributed by atoms with Gasteiger partial charge in [-0.15, -0.1) is 0 Å². The van der Waals surface area contributed by atoms with Crippen molar-refractivity contribution in [1.82, 2.24) is 15.3 Å². The molecule has 0 fully saturated rings. The topological polar surface area (TPSA) is 37.8 Å². The fourth-order valence-electron chi connectivity index (χ4n) is 1.96. The van der Waals surface area contributed by atoms with Crippen LogP contribution in [-0.2, 0) is 0 Å². The van der Waals surface area contributed by atoms with Crippen molar-refractivity contribution in [3.05, 3.63) is 59.7 Å². The zero-order chi connectivity index (χ0) is 12.1. The Labute approximate surface area is 102 Å². The van der Waals surface area contributed by atoms with Crippen LogP contribution in [-0.4, -0.2) is 16.5 Å². The van der Waals surface area contributed by atoms with Gasteiger partial charge in [0, 0.05) is 24.3 Å². The molecule has 0 aliphatic heterocycles. The normalized spacial score (nSPS) is 12.4. The van der Waals surface area contributed by atoms with Gasteiger partial charge in [0.2, 0.25) is 0 Å². The maximum absolute atomic E-state index is 4.35. The van der Waals surface area contributed by atoms with E-state index in [0.29, 0.717) is 0 Å². The number of nitrogens with one attached hydrogen (secondary N) is 1. The van der Waals surface area contributed by atoms with Crippen LogP contribution in [0.25, 0.3) is 0 Å². The number of pyridine rings is 2. The number of aromatic nitrogens is 2. The van der Waals surface area contributed by atoms with Crippen molar-refractivity contribution in [2.75, 3.05) is 6.54 Å². The first-order valence-electron chi connectivity index (χ1n) is 5.87. The SMILES string of the molecule is CCNC(c1cccnc1)c1cccnc1C. The molecular formula is C14H17N3. The lowest BCUT2D eigenvalue weighted by atomic mass is 9.99. The molecule has 0 spiro atoms. The van der Waals surface area contributed by atoms with Gasteiger partial charge in [-0.25, -0.2) is 0 Å². The van der Waals surface area contributed by atoms with Crippen molar-refractivity contribution >= 4 is 0 Å². The zero-order valence-electron chi connectivity index (χ0n) is 10.2. The molecule has 0 amide bonds. The highest BCUT2D eigenvalue weighted by atomic mass is 14.9. The summed E-state index contributed by atoms with van der Waals surface area (Å²) in [6.07, 6.45) is 5.52. The molecular weight excluding hydrogens is 210 g/mol. The molecule has 2 rings (SSSR count). The van der Waals surface area contributed by atoms with Gasteiger partial charge in [0.25, 0.3) is 0 Å². The van der Waals surface area contributed by atoms with Gasteiger partial charge in [-0.1, -0.05) is 19.1 Å². The fourth-order valence-corrected chi connectivity index (χ4v) is 1.96. The van der Waals surface area contributed by atoms with E-state index in [1.807, 2.05) is 31.5 Å². The number of nitrogens with zero attached hydrogens (tertiary/aromatic N) is 2. The minimum Gasteiger partial charge on any atom is -0.306 e. The summed E-state index contributed by atoms with van der Waals surface area (Å²) < 4.78 is 0. The van der Waals surface area contributed by atoms with Crippen LogP contribution in [0.4, 0.5) is 0 Å². The van der Waals surface area contributed by atoms with Gasteiger partial charge in [-0.2, -0.15) is 0 Å². The lowest BCUT2D eigenvalue weighted by molar-refractivity contribution is 0.623. The summed E-state index contributed by atoms with van der Waals surface area (Å²) in [5.41, 5.74) is 3.44. The molecule has 1 unspecified atom stereocenters. The van der Waals surface area contributed by atoms with E-state index in [4.69, 9.17) is 0 Å². The third-order valence-electron chi connectivity index (χ3n) is 2.78. The monoisotopic (exact) mass is 227 g/mol. The van der Waals surface area contributed by atoms with Gasteiger partial charge in [0.1, 0.15) is 0 Å². The van der Waals surface area contributed by atoms with E-state index in [1.54, 1.807) is 6.20 Å². The highest BCUT2D eigenvalue weighted by Gasteiger charge is 2.15. The number of rotatable bonds is 4. The summed E-state index contributed by atoms with van der Waals surface area (Å²) in [7, 11) is 0. The molecule has 1 atom stereocenters. The Bertz CT molecular complexity index is 468. The summed E-state index contributed by atoms with van der Waals surface area (Å²) in [4.78, 5) is 8.53. The average Bonchev–Trinajstić information content (AvgIpc) is 2.38. The number of aryl methyl sites for hydroxylation is 1. The second-order valence-electron chi connectivity index (χ2n) is 3.96. The van der Waals surface area contributed by atoms with Gasteiger partial charge >= 0.3 is 0 Å². The van der Waals surface area contributed by atoms with Crippen molar-refractivity contribution in [2.24, 2.45) is 0 Å². The van der Waals surface area contributed by atoms with Crippen molar-refractivity contribution in [3.63, 3.8) is 0 Å². The minimum atomic E-state index is 0.169. The van der Waals surface area contributed by atoms with Crippen LogP contribution in [0.2, 0.25) is 0 Å². The Morgan fingerprint density at radius 3 is 2.71 bits per heavy atom. The highest BCUT2D eigenvalue weighted by molar-refractivity contribution is 5.32. The largest absolute Gasteiger partial charge is 0.306 e. The van der Waals surface area contributed by atoms with Crippen molar-refractivity contribution in [2.45, 2.75) is 19.9 Å². The Balaban J connectivity index is 2.39. The van der Waals surface area contributed by atoms with Crippen LogP contribution in [0.5, 0.6) is 0 Å². The molecule has 3 heteroatoms. The molecule has 0 radical (unpaired) electrons. The molecule has 2 heterocycles. The quantitative estimate of drug-likeness (QED) is 0.872. The van der Waals surface area contributed by atoms with Crippen LogP contribution >= 0.6 is 0 Å². The second kappa shape index (κ2) is 5.55. The summed E-state index contributed by atoms with van der Waals surface area (Å²) in [5.74, 6) is 0. The third-order valence-corrected chi connectivity index (χ3v) is 2.78. The van der Waals surface area contributed by atoms with Crippen LogP contribution < -0.4 is 5.32 Å². The molecule has 17 heavy (non-hydrogen) atoms. The Morgan fingerprint density at radius 2 is 2.06 bits per heavy atom. The predicted octanol–water partition coefficient (Wildman–Crippen LogP) is 2.48. The number of hydrogen-bond acceptors (Lipinski definition) is 3. The molecule has 0 bridgehead atoms. The van der Waals surface area contributed by atoms with Gasteiger partial charge in [-0.05, 0) is 36.7 Å². The van der Waals surface area contributed by atoms with Crippen molar-refractivity contribution in [3.8, 4) is 0 Å². The average molecular weight is 227 g/mol. The third kappa shape index (κ3) is 2.68. The molecule has 88 valence electrons. The second-order valence-corrected chi connectivity index (χ2v) is 3.96. The van der Waals surface area contributed by atoms with E-state index in [2.05, 4.69) is 34.3 Å². The van der Waals surface area contributed by atoms with Crippen LogP contribution in [0.1, 0.15) is 29.8 Å². The van der Waals surface area contributed by atoms with Crippen molar-refractivity contribution < 1.29 is 0 Å². The molecule has 0 saturated carbocycles. The Morgan fingerprint density at radius 1 is 1.24 bits per heavy atom. The predicted molar refractivity (Wildman–Crippen MR) is 68.7 cm³/mol. The van der Waals surface area contributed by atoms with E-state index in [1.165, 1.54) is 11.1 Å². The van der Waals surface area contributed by atoms with Crippen LogP contribution in [0.3, 0.4) is 0 Å². The number of hydrogen-bond donors (Lipinski definition) is 1. The molecule has 0 aliphatic carbocycles. The van der Waals surface area contributed by atoms with E-state index < -0.39 is 0 Å². The fraction of sp³-hybridized carbons (Fsp3) is 0.286. The van der Waals surface area contributed by atoms with Gasteiger partial charge < -0.3 is 5.32 Å². The van der Waals surface area contributed by atoms with E-state index in [9.17, 15) is 0 Å². The maximum atomic E-state index is 4.35. The molecule has 2 aromatic heterocycles. The maximum Gasteiger partial charge on any atom is 0.0609 e. The van der Waals surface area contributed by atoms with Gasteiger partial charge in [-0.3, -0.25) is 9.97 Å². The van der Waals surface area contributed by atoms with E-state index >= 15 is 0 Å². The lowest BCUT2D eigenvalue weighted by Crippen LogP contribution is -2.23. The summed E-state index contributed by atoms with van der Waals surface area (Å²) in [5, 5.41) is 3.48. The lowest BCUT2D eigenvalue weighted by Gasteiger charge is -2.19. The first-order chi connectivity index (χ1) is 8.33. The highest BCUT2D eigenvalue weighted by Crippen LogP contribution is 2.22. The van der Waals surface area contributed by atoms with Gasteiger partial charge in [0.05, 0.1) is 6.04 Å². The first kappa shape index (κ1) is 11.7. The Kier molecular flexibility index (Phi) is 3.83. The molecule has 1 N–H and O–H groups in total. The molecule has 2 aromatic rings. The van der Waals surface area contributed by atoms with Gasteiger partial charge in [0.15, 0.2) is 0 Å². The summed E-state index contributed by atoms with van der Waals surface area (Å²) in [6, 6.07) is 8.31. The summed E-state index contributed by atoms with van der Waals surface area (Å²) in [6.45, 7) is 5.05. The van der Waals surface area contributed by atoms with E-state index in [-0.39, 0.29) is 6.04 Å². The van der Waals surface area contributed by atoms with Crippen LogP contribution in [0.15, 0.2) is 42.9 Å². The smallest absolute Gasteiger partial charge is 0.0609 e. The molecule has 0 aromatic carbocycles. The van der Waals surface area contributed by atoms with Crippen LogP contribution in [0, 0.1) is 6.92 Å². The standard InChI is InChI=1S/C14H17N3/c1-3-16-14(12-6-4-8-15-10-12)13-7-5-9-17-11(13)2/h4-10,14,16H,3H2,1-2H3. The van der Waals surface area contributed by atoms with Crippen molar-refractivity contribution in [1.29, 1.82) is 0 Å². The molecule has 0 saturated heterocycles.